The number of para-hydroxylation sites is 1. The van der Waals surface area contributed by atoms with Crippen LogP contribution in [0.4, 0.5) is 0 Å². The highest BCUT2D eigenvalue weighted by Gasteiger charge is 2.25. The molecule has 0 fully saturated rings. The van der Waals surface area contributed by atoms with Gasteiger partial charge in [0, 0.05) is 17.3 Å². The number of aromatic nitrogens is 1. The zero-order chi connectivity index (χ0) is 14.8. The van der Waals surface area contributed by atoms with Crippen LogP contribution < -0.4 is 10.1 Å². The predicted molar refractivity (Wildman–Crippen MR) is 87.3 cm³/mol. The molecular formula is C17H22N2OS. The van der Waals surface area contributed by atoms with Gasteiger partial charge in [-0.15, -0.1) is 11.3 Å². The van der Waals surface area contributed by atoms with Gasteiger partial charge in [0.15, 0.2) is 0 Å². The standard InChI is InChI=1S/C17H22N2OS/c1-11(2)16-15(9-18-3)21-17(19-16)13-8-12-6-4-5-7-14(12)20-10-13/h4-7,11,13,18H,8-10H2,1-3H3. The van der Waals surface area contributed by atoms with Crippen molar-refractivity contribution in [1.29, 1.82) is 0 Å². The average Bonchev–Trinajstić information content (AvgIpc) is 2.91. The molecule has 0 spiro atoms. The van der Waals surface area contributed by atoms with Crippen LogP contribution in [0.25, 0.3) is 0 Å². The summed E-state index contributed by atoms with van der Waals surface area (Å²) in [5.41, 5.74) is 2.54. The Morgan fingerprint density at radius 2 is 2.19 bits per heavy atom. The van der Waals surface area contributed by atoms with Crippen molar-refractivity contribution in [3.63, 3.8) is 0 Å². The van der Waals surface area contributed by atoms with Crippen molar-refractivity contribution < 1.29 is 4.74 Å². The van der Waals surface area contributed by atoms with E-state index in [1.54, 1.807) is 0 Å². The van der Waals surface area contributed by atoms with Crippen molar-refractivity contribution in [3.8, 4) is 5.75 Å². The molecule has 1 aliphatic heterocycles. The van der Waals surface area contributed by atoms with E-state index < -0.39 is 0 Å². The third kappa shape index (κ3) is 2.97. The van der Waals surface area contributed by atoms with Gasteiger partial charge in [0.05, 0.1) is 17.3 Å². The Bertz CT molecular complexity index is 621. The van der Waals surface area contributed by atoms with E-state index in [1.807, 2.05) is 24.5 Å². The predicted octanol–water partition coefficient (Wildman–Crippen LogP) is 3.70. The molecule has 21 heavy (non-hydrogen) atoms. The van der Waals surface area contributed by atoms with E-state index in [2.05, 4.69) is 37.4 Å². The molecule has 2 heterocycles. The number of rotatable bonds is 4. The van der Waals surface area contributed by atoms with Gasteiger partial charge < -0.3 is 10.1 Å². The van der Waals surface area contributed by atoms with Crippen molar-refractivity contribution >= 4 is 11.3 Å². The maximum atomic E-state index is 5.91. The molecule has 1 aromatic heterocycles. The highest BCUT2D eigenvalue weighted by molar-refractivity contribution is 7.11. The van der Waals surface area contributed by atoms with Gasteiger partial charge in [-0.25, -0.2) is 4.98 Å². The van der Waals surface area contributed by atoms with Gasteiger partial charge in [-0.3, -0.25) is 0 Å². The van der Waals surface area contributed by atoms with Gasteiger partial charge in [-0.05, 0) is 31.0 Å². The smallest absolute Gasteiger partial charge is 0.122 e. The highest BCUT2D eigenvalue weighted by atomic mass is 32.1. The lowest BCUT2D eigenvalue weighted by molar-refractivity contribution is 0.262. The lowest BCUT2D eigenvalue weighted by atomic mass is 9.97. The number of nitrogens with one attached hydrogen (secondary N) is 1. The second kappa shape index (κ2) is 6.16. The molecular weight excluding hydrogens is 280 g/mol. The molecule has 0 amide bonds. The molecule has 1 unspecified atom stereocenters. The van der Waals surface area contributed by atoms with Crippen LogP contribution in [0, 0.1) is 0 Å². The fourth-order valence-corrected chi connectivity index (χ4v) is 4.10. The topological polar surface area (TPSA) is 34.1 Å². The quantitative estimate of drug-likeness (QED) is 0.935. The molecule has 0 aliphatic carbocycles. The van der Waals surface area contributed by atoms with Crippen molar-refractivity contribution in [2.45, 2.75) is 38.6 Å². The zero-order valence-corrected chi connectivity index (χ0v) is 13.7. The Morgan fingerprint density at radius 3 is 2.95 bits per heavy atom. The molecule has 0 saturated carbocycles. The first-order chi connectivity index (χ1) is 10.2. The third-order valence-corrected chi connectivity index (χ3v) is 5.09. The van der Waals surface area contributed by atoms with Crippen LogP contribution in [0.1, 0.15) is 46.8 Å². The summed E-state index contributed by atoms with van der Waals surface area (Å²) < 4.78 is 5.91. The number of benzene rings is 1. The van der Waals surface area contributed by atoms with E-state index in [-0.39, 0.29) is 0 Å². The molecule has 3 rings (SSSR count). The van der Waals surface area contributed by atoms with Gasteiger partial charge in [0.2, 0.25) is 0 Å². The second-order valence-electron chi connectivity index (χ2n) is 5.87. The van der Waals surface area contributed by atoms with E-state index in [1.165, 1.54) is 21.1 Å². The minimum absolute atomic E-state index is 0.382. The third-order valence-electron chi connectivity index (χ3n) is 3.86. The van der Waals surface area contributed by atoms with Crippen LogP contribution in [-0.2, 0) is 13.0 Å². The van der Waals surface area contributed by atoms with Crippen LogP contribution in [0.2, 0.25) is 0 Å². The van der Waals surface area contributed by atoms with Gasteiger partial charge in [0.25, 0.3) is 0 Å². The van der Waals surface area contributed by atoms with Crippen LogP contribution >= 0.6 is 11.3 Å². The zero-order valence-electron chi connectivity index (χ0n) is 12.8. The molecule has 112 valence electrons. The largest absolute Gasteiger partial charge is 0.493 e. The first-order valence-electron chi connectivity index (χ1n) is 7.53. The number of hydrogen-bond donors (Lipinski definition) is 1. The van der Waals surface area contributed by atoms with Crippen molar-refractivity contribution in [2.24, 2.45) is 0 Å². The summed E-state index contributed by atoms with van der Waals surface area (Å²) in [6.45, 7) is 6.06. The molecule has 0 saturated heterocycles. The van der Waals surface area contributed by atoms with Crippen molar-refractivity contribution in [3.05, 3.63) is 45.4 Å². The minimum atomic E-state index is 0.382. The summed E-state index contributed by atoms with van der Waals surface area (Å²) in [5, 5.41) is 4.47. The van der Waals surface area contributed by atoms with Gasteiger partial charge in [-0.1, -0.05) is 32.0 Å². The van der Waals surface area contributed by atoms with E-state index in [4.69, 9.17) is 9.72 Å². The Hall–Kier alpha value is -1.39. The Labute approximate surface area is 130 Å². The van der Waals surface area contributed by atoms with E-state index in [0.717, 1.165) is 25.3 Å². The lowest BCUT2D eigenvalue weighted by Gasteiger charge is -2.23. The molecule has 4 heteroatoms. The molecule has 1 atom stereocenters. The summed E-state index contributed by atoms with van der Waals surface area (Å²) >= 11 is 1.84. The van der Waals surface area contributed by atoms with Gasteiger partial charge >= 0.3 is 0 Å². The number of nitrogens with zero attached hydrogens (tertiary/aromatic N) is 1. The van der Waals surface area contributed by atoms with Crippen LogP contribution in [0.3, 0.4) is 0 Å². The Balaban J connectivity index is 1.86. The molecule has 3 nitrogen and oxygen atoms in total. The summed E-state index contributed by atoms with van der Waals surface area (Å²) in [4.78, 5) is 6.29. The van der Waals surface area contributed by atoms with Crippen LogP contribution in [0.5, 0.6) is 5.75 Å². The number of thiazole rings is 1. The highest BCUT2D eigenvalue weighted by Crippen LogP contribution is 2.36. The maximum Gasteiger partial charge on any atom is 0.122 e. The summed E-state index contributed by atoms with van der Waals surface area (Å²) in [7, 11) is 1.99. The van der Waals surface area contributed by atoms with Crippen LogP contribution in [0.15, 0.2) is 24.3 Å². The first kappa shape index (κ1) is 14.5. The molecule has 2 aromatic rings. The minimum Gasteiger partial charge on any atom is -0.493 e. The molecule has 1 aliphatic rings. The number of hydrogen-bond acceptors (Lipinski definition) is 4. The average molecular weight is 302 g/mol. The molecule has 1 N–H and O–H groups in total. The normalized spacial score (nSPS) is 17.6. The fourth-order valence-electron chi connectivity index (χ4n) is 2.78. The molecule has 0 bridgehead atoms. The van der Waals surface area contributed by atoms with Crippen molar-refractivity contribution in [2.75, 3.05) is 13.7 Å². The van der Waals surface area contributed by atoms with Crippen molar-refractivity contribution in [1.82, 2.24) is 10.3 Å². The fraction of sp³-hybridized carbons (Fsp3) is 0.471. The number of ether oxygens (including phenoxy) is 1. The second-order valence-corrected chi connectivity index (χ2v) is 6.98. The monoisotopic (exact) mass is 302 g/mol. The molecule has 1 aromatic carbocycles. The van der Waals surface area contributed by atoms with Gasteiger partial charge in [0.1, 0.15) is 5.75 Å². The lowest BCUT2D eigenvalue weighted by Crippen LogP contribution is -2.19. The first-order valence-corrected chi connectivity index (χ1v) is 8.35. The van der Waals surface area contributed by atoms with E-state index in [9.17, 15) is 0 Å². The Morgan fingerprint density at radius 1 is 1.38 bits per heavy atom. The summed E-state index contributed by atoms with van der Waals surface area (Å²) in [6.07, 6.45) is 1.03. The SMILES string of the molecule is CNCc1sc(C2COc3ccccc3C2)nc1C(C)C. The molecule has 0 radical (unpaired) electrons. The van der Waals surface area contributed by atoms with E-state index in [0.29, 0.717) is 11.8 Å². The van der Waals surface area contributed by atoms with Crippen LogP contribution in [-0.4, -0.2) is 18.6 Å². The van der Waals surface area contributed by atoms with Gasteiger partial charge in [-0.2, -0.15) is 0 Å². The summed E-state index contributed by atoms with van der Waals surface area (Å²) in [6, 6.07) is 8.33. The maximum absolute atomic E-state index is 5.91. The van der Waals surface area contributed by atoms with E-state index >= 15 is 0 Å². The number of fused-ring (bicyclic) bond motifs is 1. The Kier molecular flexibility index (Phi) is 4.27. The summed E-state index contributed by atoms with van der Waals surface area (Å²) in [5.74, 6) is 1.88.